The summed E-state index contributed by atoms with van der Waals surface area (Å²) >= 11 is 0. The molecule has 0 atom stereocenters. The van der Waals surface area contributed by atoms with Crippen LogP contribution in [0.25, 0.3) is 0 Å². The van der Waals surface area contributed by atoms with Gasteiger partial charge in [-0.15, -0.1) is 0 Å². The van der Waals surface area contributed by atoms with Crippen LogP contribution >= 0.6 is 0 Å². The monoisotopic (exact) mass is 199 g/mol. The van der Waals surface area contributed by atoms with E-state index in [0.717, 1.165) is 0 Å². The van der Waals surface area contributed by atoms with E-state index in [-0.39, 0.29) is 5.76 Å². The summed E-state index contributed by atoms with van der Waals surface area (Å²) in [6.07, 6.45) is 0. The molecule has 1 heterocycles. The van der Waals surface area contributed by atoms with Crippen molar-refractivity contribution < 1.29 is 19.4 Å². The Kier molecular flexibility index (Phi) is 2.81. The van der Waals surface area contributed by atoms with E-state index in [9.17, 15) is 9.90 Å². The van der Waals surface area contributed by atoms with E-state index in [1.54, 1.807) is 13.8 Å². The minimum Gasteiger partial charge on any atom is -0.475 e. The van der Waals surface area contributed by atoms with Crippen molar-refractivity contribution in [1.82, 2.24) is 0 Å². The Morgan fingerprint density at radius 1 is 1.57 bits per heavy atom. The Morgan fingerprint density at radius 3 is 2.64 bits per heavy atom. The summed E-state index contributed by atoms with van der Waals surface area (Å²) in [4.78, 5) is 10.4. The van der Waals surface area contributed by atoms with Gasteiger partial charge >= 0.3 is 5.97 Å². The van der Waals surface area contributed by atoms with Gasteiger partial charge < -0.3 is 19.9 Å². The maximum atomic E-state index is 10.4. The molecule has 0 aliphatic carbocycles. The maximum absolute atomic E-state index is 10.4. The van der Waals surface area contributed by atoms with Gasteiger partial charge in [-0.3, -0.25) is 0 Å². The number of nitrogens with one attached hydrogen (secondary N) is 1. The van der Waals surface area contributed by atoms with Gasteiger partial charge in [0.15, 0.2) is 5.88 Å². The summed E-state index contributed by atoms with van der Waals surface area (Å²) in [5.41, 5.74) is -0.865. The Labute approximate surface area is 81.4 Å². The molecule has 0 bridgehead atoms. The molecule has 1 aromatic rings. The molecule has 1 aromatic heterocycles. The number of rotatable bonds is 4. The predicted molar refractivity (Wildman–Crippen MR) is 50.5 cm³/mol. The maximum Gasteiger partial charge on any atom is 0.371 e. The van der Waals surface area contributed by atoms with Crippen LogP contribution in [0, 0.1) is 0 Å². The molecule has 5 nitrogen and oxygen atoms in total. The Hall–Kier alpha value is -1.49. The molecule has 0 spiro atoms. The Balaban J connectivity index is 2.56. The predicted octanol–water partition coefficient (Wildman–Crippen LogP) is 1.16. The minimum atomic E-state index is -1.11. The standard InChI is InChI=1S/C9H13NO4/c1-9(2,13)5-10-7-4-3-6(14-7)8(11)12/h3-4,10,13H,5H2,1-2H3,(H,11,12). The van der Waals surface area contributed by atoms with Crippen LogP contribution in [0.4, 0.5) is 5.88 Å². The highest BCUT2D eigenvalue weighted by Gasteiger charge is 2.14. The molecule has 0 saturated carbocycles. The number of anilines is 1. The van der Waals surface area contributed by atoms with Gasteiger partial charge in [0.2, 0.25) is 5.76 Å². The fraction of sp³-hybridized carbons (Fsp3) is 0.444. The molecule has 5 heteroatoms. The average molecular weight is 199 g/mol. The zero-order chi connectivity index (χ0) is 10.8. The molecule has 0 fully saturated rings. The molecule has 78 valence electrons. The third-order valence-corrected chi connectivity index (χ3v) is 1.51. The molecular weight excluding hydrogens is 186 g/mol. The fourth-order valence-electron chi connectivity index (χ4n) is 0.851. The minimum absolute atomic E-state index is 0.122. The first-order chi connectivity index (χ1) is 6.38. The lowest BCUT2D eigenvalue weighted by molar-refractivity contribution is 0.0663. The number of carbonyl (C=O) groups is 1. The summed E-state index contributed by atoms with van der Waals surface area (Å²) in [7, 11) is 0. The van der Waals surface area contributed by atoms with Crippen molar-refractivity contribution >= 4 is 11.9 Å². The first-order valence-corrected chi connectivity index (χ1v) is 4.18. The van der Waals surface area contributed by atoms with Crippen LogP contribution in [-0.2, 0) is 0 Å². The fourth-order valence-corrected chi connectivity index (χ4v) is 0.851. The van der Waals surface area contributed by atoms with Gasteiger partial charge in [0.25, 0.3) is 0 Å². The van der Waals surface area contributed by atoms with Crippen molar-refractivity contribution in [2.45, 2.75) is 19.4 Å². The number of furan rings is 1. The quantitative estimate of drug-likeness (QED) is 0.677. The van der Waals surface area contributed by atoms with Gasteiger partial charge in [-0.2, -0.15) is 0 Å². The lowest BCUT2D eigenvalue weighted by atomic mass is 10.1. The van der Waals surface area contributed by atoms with E-state index in [1.807, 2.05) is 0 Å². The Morgan fingerprint density at radius 2 is 2.21 bits per heavy atom. The van der Waals surface area contributed by atoms with Crippen LogP contribution in [0.5, 0.6) is 0 Å². The largest absolute Gasteiger partial charge is 0.475 e. The summed E-state index contributed by atoms with van der Waals surface area (Å²) in [5, 5.41) is 20.7. The van der Waals surface area contributed by atoms with E-state index in [2.05, 4.69) is 5.32 Å². The lowest BCUT2D eigenvalue weighted by Gasteiger charge is -2.16. The topological polar surface area (TPSA) is 82.7 Å². The van der Waals surface area contributed by atoms with Gasteiger partial charge in [-0.05, 0) is 19.9 Å². The third-order valence-electron chi connectivity index (χ3n) is 1.51. The number of carboxylic acids is 1. The van der Waals surface area contributed by atoms with Crippen LogP contribution < -0.4 is 5.32 Å². The smallest absolute Gasteiger partial charge is 0.371 e. The molecule has 0 aliphatic rings. The van der Waals surface area contributed by atoms with Crippen LogP contribution in [0.15, 0.2) is 16.5 Å². The second kappa shape index (κ2) is 3.71. The number of hydrogen-bond donors (Lipinski definition) is 3. The highest BCUT2D eigenvalue weighted by molar-refractivity contribution is 5.84. The zero-order valence-electron chi connectivity index (χ0n) is 8.07. The van der Waals surface area contributed by atoms with Crippen LogP contribution in [-0.4, -0.2) is 28.3 Å². The lowest BCUT2D eigenvalue weighted by Crippen LogP contribution is -2.29. The van der Waals surface area contributed by atoms with E-state index >= 15 is 0 Å². The van der Waals surface area contributed by atoms with E-state index in [1.165, 1.54) is 12.1 Å². The van der Waals surface area contributed by atoms with E-state index < -0.39 is 11.6 Å². The normalized spacial score (nSPS) is 11.4. The highest BCUT2D eigenvalue weighted by Crippen LogP contribution is 2.14. The summed E-state index contributed by atoms with van der Waals surface area (Å²) in [6.45, 7) is 3.57. The van der Waals surface area contributed by atoms with Gasteiger partial charge in [-0.25, -0.2) is 4.79 Å². The van der Waals surface area contributed by atoms with Gasteiger partial charge in [-0.1, -0.05) is 0 Å². The molecule has 0 unspecified atom stereocenters. The van der Waals surface area contributed by atoms with Crippen molar-refractivity contribution in [3.05, 3.63) is 17.9 Å². The van der Waals surface area contributed by atoms with Crippen molar-refractivity contribution in [1.29, 1.82) is 0 Å². The average Bonchev–Trinajstić information content (AvgIpc) is 2.47. The molecule has 3 N–H and O–H groups in total. The summed E-state index contributed by atoms with van der Waals surface area (Å²) in [6, 6.07) is 2.87. The van der Waals surface area contributed by atoms with Crippen molar-refractivity contribution in [3.63, 3.8) is 0 Å². The highest BCUT2D eigenvalue weighted by atomic mass is 16.4. The molecule has 14 heavy (non-hydrogen) atoms. The SMILES string of the molecule is CC(C)(O)CNc1ccc(C(=O)O)o1. The molecule has 1 rings (SSSR count). The number of hydrogen-bond acceptors (Lipinski definition) is 4. The Bertz CT molecular complexity index is 324. The van der Waals surface area contributed by atoms with Crippen molar-refractivity contribution in [3.8, 4) is 0 Å². The van der Waals surface area contributed by atoms with Gasteiger partial charge in [0.05, 0.1) is 5.60 Å². The van der Waals surface area contributed by atoms with Gasteiger partial charge in [0.1, 0.15) is 0 Å². The number of aliphatic hydroxyl groups is 1. The first kappa shape index (κ1) is 10.6. The van der Waals surface area contributed by atoms with Crippen molar-refractivity contribution in [2.75, 3.05) is 11.9 Å². The van der Waals surface area contributed by atoms with E-state index in [0.29, 0.717) is 12.4 Å². The molecule has 0 saturated heterocycles. The first-order valence-electron chi connectivity index (χ1n) is 4.18. The number of carboxylic acid groups (broad SMARTS) is 1. The molecular formula is C9H13NO4. The molecule has 0 radical (unpaired) electrons. The van der Waals surface area contributed by atoms with Crippen molar-refractivity contribution in [2.24, 2.45) is 0 Å². The zero-order valence-corrected chi connectivity index (χ0v) is 8.07. The van der Waals surface area contributed by atoms with Crippen LogP contribution in [0.3, 0.4) is 0 Å². The number of aromatic carboxylic acids is 1. The third kappa shape index (κ3) is 3.10. The molecule has 0 aromatic carbocycles. The summed E-state index contributed by atoms with van der Waals surface area (Å²) < 4.78 is 4.92. The van der Waals surface area contributed by atoms with Crippen LogP contribution in [0.2, 0.25) is 0 Å². The molecule has 0 amide bonds. The van der Waals surface area contributed by atoms with E-state index in [4.69, 9.17) is 9.52 Å². The van der Waals surface area contributed by atoms with Crippen LogP contribution in [0.1, 0.15) is 24.4 Å². The van der Waals surface area contributed by atoms with Gasteiger partial charge in [0, 0.05) is 12.6 Å². The molecule has 0 aliphatic heterocycles. The second-order valence-corrected chi connectivity index (χ2v) is 3.64. The summed E-state index contributed by atoms with van der Waals surface area (Å²) in [5.74, 6) is -0.894. The second-order valence-electron chi connectivity index (χ2n) is 3.64.